The minimum atomic E-state index is -0.575. The summed E-state index contributed by atoms with van der Waals surface area (Å²) in [5, 5.41) is 3.50. The molecule has 6 rings (SSSR count). The highest BCUT2D eigenvalue weighted by molar-refractivity contribution is 6.05. The monoisotopic (exact) mass is 471 g/mol. The number of aromatic amines is 1. The summed E-state index contributed by atoms with van der Waals surface area (Å²) < 4.78 is 0. The second-order valence-electron chi connectivity index (χ2n) is 10.3. The first-order valence-electron chi connectivity index (χ1n) is 12.3. The first-order valence-corrected chi connectivity index (χ1v) is 12.3. The topological polar surface area (TPSA) is 98.4 Å². The maximum Gasteiger partial charge on any atom is 0.255 e. The van der Waals surface area contributed by atoms with Crippen molar-refractivity contribution in [2.75, 3.05) is 13.1 Å². The van der Waals surface area contributed by atoms with E-state index in [9.17, 15) is 14.4 Å². The molecule has 1 unspecified atom stereocenters. The summed E-state index contributed by atoms with van der Waals surface area (Å²) in [5.74, 6) is -0.753. The molecule has 0 spiro atoms. The van der Waals surface area contributed by atoms with Crippen LogP contribution in [0, 0.1) is 0 Å². The Hall–Kier alpha value is -3.52. The number of H-pyrrole nitrogens is 1. The zero-order valence-corrected chi connectivity index (χ0v) is 19.8. The van der Waals surface area contributed by atoms with Crippen molar-refractivity contribution < 1.29 is 14.4 Å². The van der Waals surface area contributed by atoms with E-state index in [-0.39, 0.29) is 29.6 Å². The Morgan fingerprint density at radius 1 is 1.09 bits per heavy atom. The Bertz CT molecular complexity index is 1340. The Labute approximate surface area is 203 Å². The lowest BCUT2D eigenvalue weighted by atomic mass is 9.74. The molecule has 2 aromatic heterocycles. The summed E-state index contributed by atoms with van der Waals surface area (Å²) in [6, 6.07) is 11.9. The Morgan fingerprint density at radius 3 is 2.71 bits per heavy atom. The van der Waals surface area contributed by atoms with Crippen molar-refractivity contribution in [1.82, 2.24) is 25.1 Å². The molecule has 3 amide bonds. The Balaban J connectivity index is 1.13. The van der Waals surface area contributed by atoms with Crippen LogP contribution in [0.2, 0.25) is 0 Å². The second-order valence-corrected chi connectivity index (χ2v) is 10.3. The fourth-order valence-electron chi connectivity index (χ4n) is 5.73. The highest BCUT2D eigenvalue weighted by atomic mass is 16.2. The number of hydrogen-bond acceptors (Lipinski definition) is 5. The zero-order chi connectivity index (χ0) is 24.2. The molecule has 0 aliphatic carbocycles. The van der Waals surface area contributed by atoms with Gasteiger partial charge in [-0.3, -0.25) is 24.6 Å². The van der Waals surface area contributed by atoms with Crippen LogP contribution in [0.15, 0.2) is 42.6 Å². The molecule has 1 atom stereocenters. The van der Waals surface area contributed by atoms with E-state index >= 15 is 0 Å². The molecule has 2 fully saturated rings. The number of imide groups is 1. The highest BCUT2D eigenvalue weighted by Gasteiger charge is 2.40. The van der Waals surface area contributed by atoms with Crippen LogP contribution in [0.25, 0.3) is 11.0 Å². The smallest absolute Gasteiger partial charge is 0.255 e. The molecule has 0 saturated carbocycles. The maximum absolute atomic E-state index is 13.0. The van der Waals surface area contributed by atoms with E-state index in [1.165, 1.54) is 5.56 Å². The van der Waals surface area contributed by atoms with Crippen molar-refractivity contribution >= 4 is 28.8 Å². The molecule has 5 heterocycles. The average Bonchev–Trinajstić information content (AvgIpc) is 3.44. The van der Waals surface area contributed by atoms with Crippen LogP contribution >= 0.6 is 0 Å². The molecule has 1 aromatic carbocycles. The van der Waals surface area contributed by atoms with Gasteiger partial charge in [-0.05, 0) is 73.2 Å². The number of nitrogens with zero attached hydrogens (tertiary/aromatic N) is 3. The van der Waals surface area contributed by atoms with E-state index in [1.54, 1.807) is 4.90 Å². The van der Waals surface area contributed by atoms with Gasteiger partial charge in [0, 0.05) is 36.7 Å². The number of hydrogen-bond donors (Lipinski definition) is 2. The molecular formula is C27H29N5O3. The molecule has 0 bridgehead atoms. The average molecular weight is 472 g/mol. The van der Waals surface area contributed by atoms with Crippen LogP contribution < -0.4 is 5.32 Å². The minimum absolute atomic E-state index is 0.0352. The fourth-order valence-corrected chi connectivity index (χ4v) is 5.73. The number of aromatic nitrogens is 2. The van der Waals surface area contributed by atoms with Crippen molar-refractivity contribution in [2.24, 2.45) is 0 Å². The lowest BCUT2D eigenvalue weighted by Gasteiger charge is -2.40. The summed E-state index contributed by atoms with van der Waals surface area (Å²) in [4.78, 5) is 48.9. The van der Waals surface area contributed by atoms with Crippen molar-refractivity contribution in [3.05, 3.63) is 65.0 Å². The molecule has 3 aliphatic heterocycles. The number of amides is 3. The van der Waals surface area contributed by atoms with Crippen LogP contribution in [-0.2, 0) is 28.1 Å². The fraction of sp³-hybridized carbons (Fsp3) is 0.407. The molecule has 180 valence electrons. The number of nitrogens with one attached hydrogen (secondary N) is 2. The van der Waals surface area contributed by atoms with Gasteiger partial charge in [0.15, 0.2) is 0 Å². The number of piperidine rings is 2. The Kier molecular flexibility index (Phi) is 5.21. The van der Waals surface area contributed by atoms with Gasteiger partial charge in [0.1, 0.15) is 11.7 Å². The van der Waals surface area contributed by atoms with Gasteiger partial charge in [-0.15, -0.1) is 0 Å². The summed E-state index contributed by atoms with van der Waals surface area (Å²) in [5.41, 5.74) is 4.94. The number of fused-ring (bicyclic) bond motifs is 2. The SMILES string of the molecule is CC1(c2ccc3c(c2)CN(C2CCC(=O)NC2=O)C3=O)CCN(Cc2ccc3cc[nH]c3n2)CC1. The summed E-state index contributed by atoms with van der Waals surface area (Å²) >= 11 is 0. The third-order valence-electron chi connectivity index (χ3n) is 8.03. The molecule has 0 radical (unpaired) electrons. The van der Waals surface area contributed by atoms with E-state index < -0.39 is 6.04 Å². The lowest BCUT2D eigenvalue weighted by molar-refractivity contribution is -0.136. The standard InChI is InChI=1S/C27H29N5O3/c1-27(9-12-31(13-10-27)16-20-4-2-17-8-11-28-24(17)29-20)19-3-5-21-18(14-19)15-32(26(21)35)22-6-7-23(33)30-25(22)34/h2-5,8,11,14,22H,6-7,9-10,12-13,15-16H2,1H3,(H,28,29)(H,30,33,34). The van der Waals surface area contributed by atoms with E-state index in [4.69, 9.17) is 4.98 Å². The first kappa shape index (κ1) is 22.0. The zero-order valence-electron chi connectivity index (χ0n) is 19.8. The normalized spacial score (nSPS) is 22.5. The van der Waals surface area contributed by atoms with Crippen molar-refractivity contribution in [3.8, 4) is 0 Å². The van der Waals surface area contributed by atoms with Gasteiger partial charge in [0.2, 0.25) is 11.8 Å². The van der Waals surface area contributed by atoms with Gasteiger partial charge in [-0.2, -0.15) is 0 Å². The molecule has 8 nitrogen and oxygen atoms in total. The number of carbonyl (C=O) groups excluding carboxylic acids is 3. The molecule has 3 aliphatic rings. The summed E-state index contributed by atoms with van der Waals surface area (Å²) in [6.07, 6.45) is 4.63. The van der Waals surface area contributed by atoms with Crippen LogP contribution in [0.1, 0.15) is 59.8 Å². The van der Waals surface area contributed by atoms with E-state index in [1.807, 2.05) is 18.3 Å². The second kappa shape index (κ2) is 8.30. The molecule has 2 N–H and O–H groups in total. The largest absolute Gasteiger partial charge is 0.346 e. The molecule has 2 saturated heterocycles. The third-order valence-corrected chi connectivity index (χ3v) is 8.03. The van der Waals surface area contributed by atoms with Gasteiger partial charge in [0.05, 0.1) is 5.69 Å². The Morgan fingerprint density at radius 2 is 1.91 bits per heavy atom. The van der Waals surface area contributed by atoms with Crippen LogP contribution in [0.5, 0.6) is 0 Å². The molecule has 8 heteroatoms. The number of benzene rings is 1. The van der Waals surface area contributed by atoms with Crippen molar-refractivity contribution in [3.63, 3.8) is 0 Å². The predicted molar refractivity (Wildman–Crippen MR) is 130 cm³/mol. The van der Waals surface area contributed by atoms with E-state index in [2.05, 4.69) is 46.4 Å². The van der Waals surface area contributed by atoms with Gasteiger partial charge in [-0.1, -0.05) is 19.1 Å². The first-order chi connectivity index (χ1) is 16.9. The van der Waals surface area contributed by atoms with Crippen LogP contribution in [0.4, 0.5) is 0 Å². The molecule has 35 heavy (non-hydrogen) atoms. The van der Waals surface area contributed by atoms with Crippen LogP contribution in [0.3, 0.4) is 0 Å². The van der Waals surface area contributed by atoms with Gasteiger partial charge in [0.25, 0.3) is 5.91 Å². The predicted octanol–water partition coefficient (Wildman–Crippen LogP) is 2.88. The number of rotatable bonds is 4. The van der Waals surface area contributed by atoms with E-state index in [0.717, 1.165) is 54.8 Å². The van der Waals surface area contributed by atoms with Crippen molar-refractivity contribution in [2.45, 2.75) is 57.2 Å². The number of carbonyl (C=O) groups is 3. The van der Waals surface area contributed by atoms with E-state index in [0.29, 0.717) is 18.5 Å². The lowest BCUT2D eigenvalue weighted by Crippen LogP contribution is -2.52. The quantitative estimate of drug-likeness (QED) is 0.570. The minimum Gasteiger partial charge on any atom is -0.346 e. The summed E-state index contributed by atoms with van der Waals surface area (Å²) in [7, 11) is 0. The maximum atomic E-state index is 13.0. The third kappa shape index (κ3) is 3.91. The highest BCUT2D eigenvalue weighted by Crippen LogP contribution is 2.38. The van der Waals surface area contributed by atoms with Crippen molar-refractivity contribution in [1.29, 1.82) is 0 Å². The van der Waals surface area contributed by atoms with Gasteiger partial charge >= 0.3 is 0 Å². The number of likely N-dealkylation sites (tertiary alicyclic amines) is 1. The van der Waals surface area contributed by atoms with Crippen LogP contribution in [-0.4, -0.2) is 56.6 Å². The van der Waals surface area contributed by atoms with Gasteiger partial charge < -0.3 is 9.88 Å². The number of pyridine rings is 1. The molecule has 3 aromatic rings. The summed E-state index contributed by atoms with van der Waals surface area (Å²) in [6.45, 7) is 5.54. The molecular weight excluding hydrogens is 442 g/mol. The van der Waals surface area contributed by atoms with Gasteiger partial charge in [-0.25, -0.2) is 4.98 Å².